The summed E-state index contributed by atoms with van der Waals surface area (Å²) in [4.78, 5) is 0.830. The van der Waals surface area contributed by atoms with Crippen molar-refractivity contribution in [1.29, 1.82) is 0 Å². The molecular weight excluding hydrogens is 266 g/mol. The van der Waals surface area contributed by atoms with E-state index in [4.69, 9.17) is 15.2 Å². The first-order valence-electron chi connectivity index (χ1n) is 6.46. The summed E-state index contributed by atoms with van der Waals surface area (Å²) < 4.78 is 12.7. The number of hydrogen-bond donors (Lipinski definition) is 1. The van der Waals surface area contributed by atoms with Gasteiger partial charge in [0.2, 0.25) is 4.96 Å². The van der Waals surface area contributed by atoms with Crippen LogP contribution in [0.25, 0.3) is 4.96 Å². The Kier molecular flexibility index (Phi) is 2.76. The van der Waals surface area contributed by atoms with E-state index >= 15 is 0 Å². The van der Waals surface area contributed by atoms with Crippen LogP contribution in [0.1, 0.15) is 29.1 Å². The highest BCUT2D eigenvalue weighted by atomic mass is 32.1. The summed E-state index contributed by atoms with van der Waals surface area (Å²) in [5, 5.41) is 14.1. The fraction of sp³-hybridized carbons (Fsp3) is 0.727. The van der Waals surface area contributed by atoms with E-state index in [1.54, 1.807) is 11.3 Å². The molecule has 2 fully saturated rings. The molecule has 102 valence electrons. The van der Waals surface area contributed by atoms with E-state index in [0.29, 0.717) is 25.7 Å². The second kappa shape index (κ2) is 4.48. The van der Waals surface area contributed by atoms with Crippen molar-refractivity contribution in [2.45, 2.75) is 24.3 Å². The zero-order chi connectivity index (χ0) is 12.8. The number of ether oxygens (including phenoxy) is 2. The lowest BCUT2D eigenvalue weighted by Gasteiger charge is -2.08. The molecule has 4 heterocycles. The first-order chi connectivity index (χ1) is 9.33. The Labute approximate surface area is 113 Å². The van der Waals surface area contributed by atoms with Crippen LogP contribution >= 0.6 is 11.3 Å². The minimum absolute atomic E-state index is 0.0297. The third-order valence-corrected chi connectivity index (χ3v) is 4.80. The van der Waals surface area contributed by atoms with Crippen molar-refractivity contribution >= 4 is 16.3 Å². The van der Waals surface area contributed by atoms with E-state index in [9.17, 15) is 0 Å². The summed E-state index contributed by atoms with van der Waals surface area (Å²) in [6.45, 7) is 2.75. The third kappa shape index (κ3) is 1.86. The molecule has 3 atom stereocenters. The topological polar surface area (TPSA) is 87.6 Å². The van der Waals surface area contributed by atoms with Gasteiger partial charge in [-0.1, -0.05) is 11.3 Å². The summed E-state index contributed by atoms with van der Waals surface area (Å²) in [6, 6.07) is 0.0297. The molecule has 0 saturated carbocycles. The molecule has 3 unspecified atom stereocenters. The summed E-state index contributed by atoms with van der Waals surface area (Å²) in [6.07, 6.45) is 0.986. The number of fused-ring (bicyclic) bond motifs is 1. The molecule has 19 heavy (non-hydrogen) atoms. The number of hydrogen-bond acceptors (Lipinski definition) is 7. The van der Waals surface area contributed by atoms with E-state index in [0.717, 1.165) is 28.8 Å². The van der Waals surface area contributed by atoms with Gasteiger partial charge in [0.15, 0.2) is 5.82 Å². The SMILES string of the molecule is NC1COCC1c1nn2c(C3CCOC3)nnc2s1. The maximum absolute atomic E-state index is 6.04. The van der Waals surface area contributed by atoms with Crippen molar-refractivity contribution in [2.75, 3.05) is 26.4 Å². The molecule has 0 aromatic carbocycles. The normalized spacial score (nSPS) is 31.5. The molecule has 7 nitrogen and oxygen atoms in total. The Morgan fingerprint density at radius 2 is 2.16 bits per heavy atom. The number of rotatable bonds is 2. The summed E-state index contributed by atoms with van der Waals surface area (Å²) in [5.74, 6) is 1.39. The van der Waals surface area contributed by atoms with Crippen molar-refractivity contribution in [3.63, 3.8) is 0 Å². The van der Waals surface area contributed by atoms with Gasteiger partial charge < -0.3 is 15.2 Å². The van der Waals surface area contributed by atoms with Gasteiger partial charge in [0.1, 0.15) is 5.01 Å². The highest BCUT2D eigenvalue weighted by Crippen LogP contribution is 2.30. The van der Waals surface area contributed by atoms with Gasteiger partial charge in [-0.05, 0) is 6.42 Å². The maximum atomic E-state index is 6.04. The smallest absolute Gasteiger partial charge is 0.234 e. The molecule has 0 radical (unpaired) electrons. The molecule has 2 saturated heterocycles. The Morgan fingerprint density at radius 3 is 2.89 bits per heavy atom. The van der Waals surface area contributed by atoms with Crippen molar-refractivity contribution < 1.29 is 9.47 Å². The predicted octanol–water partition coefficient (Wildman–Crippen LogP) is 0.131. The molecule has 0 aliphatic carbocycles. The predicted molar refractivity (Wildman–Crippen MR) is 68.4 cm³/mol. The van der Waals surface area contributed by atoms with Gasteiger partial charge >= 0.3 is 0 Å². The van der Waals surface area contributed by atoms with Crippen LogP contribution in [0.3, 0.4) is 0 Å². The molecule has 2 N–H and O–H groups in total. The van der Waals surface area contributed by atoms with Gasteiger partial charge in [-0.25, -0.2) is 0 Å². The Morgan fingerprint density at radius 1 is 1.21 bits per heavy atom. The van der Waals surface area contributed by atoms with Crippen LogP contribution in [-0.4, -0.2) is 52.3 Å². The van der Waals surface area contributed by atoms with Gasteiger partial charge in [0.25, 0.3) is 0 Å². The van der Waals surface area contributed by atoms with E-state index in [-0.39, 0.29) is 12.0 Å². The fourth-order valence-electron chi connectivity index (χ4n) is 2.61. The average Bonchev–Trinajstić information content (AvgIpc) is 3.10. The van der Waals surface area contributed by atoms with Crippen LogP contribution in [0, 0.1) is 0 Å². The minimum atomic E-state index is 0.0297. The van der Waals surface area contributed by atoms with Crippen LogP contribution in [0.2, 0.25) is 0 Å². The molecular formula is C11H15N5O2S. The summed E-state index contributed by atoms with van der Waals surface area (Å²) in [5.41, 5.74) is 6.04. The minimum Gasteiger partial charge on any atom is -0.381 e. The Bertz CT molecular complexity index is 591. The molecule has 2 aromatic rings. The van der Waals surface area contributed by atoms with E-state index < -0.39 is 0 Å². The van der Waals surface area contributed by atoms with Gasteiger partial charge in [0, 0.05) is 18.6 Å². The number of nitrogens with zero attached hydrogens (tertiary/aromatic N) is 4. The van der Waals surface area contributed by atoms with Crippen LogP contribution < -0.4 is 5.73 Å². The molecule has 0 spiro atoms. The van der Waals surface area contributed by atoms with Crippen LogP contribution in [0.15, 0.2) is 0 Å². The van der Waals surface area contributed by atoms with Gasteiger partial charge in [-0.2, -0.15) is 9.61 Å². The second-order valence-electron chi connectivity index (χ2n) is 5.06. The molecule has 8 heteroatoms. The molecule has 2 aliphatic rings. The van der Waals surface area contributed by atoms with Gasteiger partial charge in [-0.15, -0.1) is 10.2 Å². The van der Waals surface area contributed by atoms with Crippen molar-refractivity contribution in [3.05, 3.63) is 10.8 Å². The zero-order valence-electron chi connectivity index (χ0n) is 10.4. The first kappa shape index (κ1) is 11.7. The number of aromatic nitrogens is 4. The highest BCUT2D eigenvalue weighted by molar-refractivity contribution is 7.16. The van der Waals surface area contributed by atoms with Crippen molar-refractivity contribution in [2.24, 2.45) is 5.73 Å². The highest BCUT2D eigenvalue weighted by Gasteiger charge is 2.31. The standard InChI is InChI=1S/C11H15N5O2S/c12-8-5-18-4-7(8)10-15-16-9(6-1-2-17-3-6)13-14-11(16)19-10/h6-8H,1-5,12H2. The van der Waals surface area contributed by atoms with E-state index in [2.05, 4.69) is 15.3 Å². The largest absolute Gasteiger partial charge is 0.381 e. The molecule has 0 bridgehead atoms. The first-order valence-corrected chi connectivity index (χ1v) is 7.27. The van der Waals surface area contributed by atoms with Crippen molar-refractivity contribution in [1.82, 2.24) is 19.8 Å². The molecule has 2 aromatic heterocycles. The van der Waals surface area contributed by atoms with E-state index in [1.165, 1.54) is 0 Å². The van der Waals surface area contributed by atoms with E-state index in [1.807, 2.05) is 4.52 Å². The number of nitrogens with two attached hydrogens (primary N) is 1. The average molecular weight is 281 g/mol. The Balaban J connectivity index is 1.71. The maximum Gasteiger partial charge on any atom is 0.234 e. The molecule has 2 aliphatic heterocycles. The quantitative estimate of drug-likeness (QED) is 0.842. The van der Waals surface area contributed by atoms with Gasteiger partial charge in [-0.3, -0.25) is 0 Å². The zero-order valence-corrected chi connectivity index (χ0v) is 11.2. The third-order valence-electron chi connectivity index (χ3n) is 3.77. The summed E-state index contributed by atoms with van der Waals surface area (Å²) >= 11 is 1.56. The lowest BCUT2D eigenvalue weighted by molar-refractivity contribution is 0.190. The van der Waals surface area contributed by atoms with Crippen LogP contribution in [0.4, 0.5) is 0 Å². The second-order valence-corrected chi connectivity index (χ2v) is 6.05. The molecule has 0 amide bonds. The Hall–Kier alpha value is -1.09. The lowest BCUT2D eigenvalue weighted by Crippen LogP contribution is -2.26. The fourth-order valence-corrected chi connectivity index (χ4v) is 3.62. The monoisotopic (exact) mass is 281 g/mol. The summed E-state index contributed by atoms with van der Waals surface area (Å²) in [7, 11) is 0. The van der Waals surface area contributed by atoms with Crippen LogP contribution in [0.5, 0.6) is 0 Å². The molecule has 4 rings (SSSR count). The van der Waals surface area contributed by atoms with Crippen LogP contribution in [-0.2, 0) is 9.47 Å². The van der Waals surface area contributed by atoms with Crippen molar-refractivity contribution in [3.8, 4) is 0 Å². The van der Waals surface area contributed by atoms with Gasteiger partial charge in [0.05, 0.1) is 25.7 Å². The lowest BCUT2D eigenvalue weighted by atomic mass is 10.1.